The van der Waals surface area contributed by atoms with Gasteiger partial charge in [-0.15, -0.1) is 0 Å². The van der Waals surface area contributed by atoms with Crippen LogP contribution in [0.15, 0.2) is 46.3 Å². The van der Waals surface area contributed by atoms with Crippen molar-refractivity contribution in [1.29, 1.82) is 0 Å². The lowest BCUT2D eigenvalue weighted by Crippen LogP contribution is -2.25. The van der Waals surface area contributed by atoms with E-state index in [1.54, 1.807) is 32.9 Å². The smallest absolute Gasteiger partial charge is 0.340 e. The molecule has 4 rings (SSSR count). The number of carbonyl (C=O) groups excluding carboxylic acids is 1. The van der Waals surface area contributed by atoms with Crippen molar-refractivity contribution in [2.45, 2.75) is 63.5 Å². The fourth-order valence-corrected chi connectivity index (χ4v) is 7.52. The average Bonchev–Trinajstić information content (AvgIpc) is 3.24. The van der Waals surface area contributed by atoms with Gasteiger partial charge in [0.2, 0.25) is 5.88 Å². The SMILES string of the molecule is CCOC1CCS(=O)(=O)c2c(C)cc(C(=O)c3cnn(CC)c3OS(=O)(=O)c3ccc(C)cc3)c(C)c21. The van der Waals surface area contributed by atoms with E-state index in [1.807, 2.05) is 13.8 Å². The Kier molecular flexibility index (Phi) is 7.33. The highest BCUT2D eigenvalue weighted by atomic mass is 32.2. The highest BCUT2D eigenvalue weighted by molar-refractivity contribution is 7.91. The van der Waals surface area contributed by atoms with Gasteiger partial charge in [-0.25, -0.2) is 13.1 Å². The molecule has 37 heavy (non-hydrogen) atoms. The summed E-state index contributed by atoms with van der Waals surface area (Å²) in [6, 6.07) is 7.71. The van der Waals surface area contributed by atoms with Crippen LogP contribution in [0.5, 0.6) is 5.88 Å². The second-order valence-corrected chi connectivity index (χ2v) is 12.6. The topological polar surface area (TPSA) is 122 Å². The van der Waals surface area contributed by atoms with Crippen LogP contribution in [-0.4, -0.2) is 44.8 Å². The van der Waals surface area contributed by atoms with Crippen molar-refractivity contribution in [1.82, 2.24) is 9.78 Å². The molecule has 2 heterocycles. The van der Waals surface area contributed by atoms with E-state index >= 15 is 0 Å². The van der Waals surface area contributed by atoms with Crippen molar-refractivity contribution in [3.05, 3.63) is 69.9 Å². The van der Waals surface area contributed by atoms with Crippen LogP contribution in [-0.2, 0) is 31.2 Å². The van der Waals surface area contributed by atoms with E-state index in [9.17, 15) is 21.6 Å². The fourth-order valence-electron chi connectivity index (χ4n) is 4.68. The van der Waals surface area contributed by atoms with Crippen LogP contribution in [0.1, 0.15) is 64.5 Å². The molecular weight excluding hydrogens is 516 g/mol. The maximum absolute atomic E-state index is 13.8. The van der Waals surface area contributed by atoms with E-state index in [0.717, 1.165) is 5.56 Å². The monoisotopic (exact) mass is 546 g/mol. The Morgan fingerprint density at radius 3 is 2.41 bits per heavy atom. The molecular formula is C26H30N2O7S2. The Hall–Kier alpha value is -3.02. The molecule has 0 amide bonds. The number of aryl methyl sites for hydroxylation is 3. The molecule has 3 aromatic rings. The number of ketones is 1. The fraction of sp³-hybridized carbons (Fsp3) is 0.385. The average molecular weight is 547 g/mol. The number of rotatable bonds is 8. The molecule has 9 nitrogen and oxygen atoms in total. The number of hydrogen-bond donors (Lipinski definition) is 0. The maximum atomic E-state index is 13.8. The lowest BCUT2D eigenvalue weighted by atomic mass is 9.90. The Bertz CT molecular complexity index is 1570. The molecule has 1 aliphatic rings. The quantitative estimate of drug-likeness (QED) is 0.306. The van der Waals surface area contributed by atoms with Crippen molar-refractivity contribution >= 4 is 25.7 Å². The van der Waals surface area contributed by atoms with Crippen LogP contribution in [0.3, 0.4) is 0 Å². The number of aromatic nitrogens is 2. The molecule has 1 aliphatic heterocycles. The van der Waals surface area contributed by atoms with E-state index in [4.69, 9.17) is 8.92 Å². The molecule has 0 aliphatic carbocycles. The third-order valence-electron chi connectivity index (χ3n) is 6.50. The van der Waals surface area contributed by atoms with Crippen LogP contribution < -0.4 is 4.18 Å². The predicted octanol–water partition coefficient (Wildman–Crippen LogP) is 4.08. The zero-order valence-electron chi connectivity index (χ0n) is 21.4. The highest BCUT2D eigenvalue weighted by Gasteiger charge is 2.36. The molecule has 198 valence electrons. The summed E-state index contributed by atoms with van der Waals surface area (Å²) in [5.74, 6) is -0.747. The molecule has 0 bridgehead atoms. The first kappa shape index (κ1) is 27.0. The number of ether oxygens (including phenoxy) is 1. The molecule has 0 saturated carbocycles. The molecule has 2 aromatic carbocycles. The Morgan fingerprint density at radius 1 is 1.11 bits per heavy atom. The Labute approximate surface area is 217 Å². The summed E-state index contributed by atoms with van der Waals surface area (Å²) in [7, 11) is -7.78. The summed E-state index contributed by atoms with van der Waals surface area (Å²) in [4.78, 5) is 14.0. The first-order valence-electron chi connectivity index (χ1n) is 12.0. The number of carbonyl (C=O) groups is 1. The lowest BCUT2D eigenvalue weighted by molar-refractivity contribution is 0.0561. The zero-order chi connectivity index (χ0) is 27.1. The van der Waals surface area contributed by atoms with Crippen LogP contribution in [0, 0.1) is 20.8 Å². The van der Waals surface area contributed by atoms with Gasteiger partial charge in [-0.2, -0.15) is 13.5 Å². The van der Waals surface area contributed by atoms with Crippen LogP contribution in [0.2, 0.25) is 0 Å². The minimum Gasteiger partial charge on any atom is -0.374 e. The van der Waals surface area contributed by atoms with Crippen molar-refractivity contribution in [3.63, 3.8) is 0 Å². The maximum Gasteiger partial charge on any atom is 0.340 e. The predicted molar refractivity (Wildman–Crippen MR) is 137 cm³/mol. The minimum absolute atomic E-state index is 0.0314. The first-order chi connectivity index (χ1) is 17.4. The van der Waals surface area contributed by atoms with E-state index in [2.05, 4.69) is 5.10 Å². The Balaban J connectivity index is 1.83. The molecule has 11 heteroatoms. The highest BCUT2D eigenvalue weighted by Crippen LogP contribution is 2.41. The molecule has 0 fully saturated rings. The molecule has 1 atom stereocenters. The zero-order valence-corrected chi connectivity index (χ0v) is 23.1. The van der Waals surface area contributed by atoms with Gasteiger partial charge in [0.1, 0.15) is 10.5 Å². The molecule has 0 N–H and O–H groups in total. The normalized spacial score (nSPS) is 16.8. The van der Waals surface area contributed by atoms with E-state index in [0.29, 0.717) is 23.3 Å². The molecule has 0 spiro atoms. The first-order valence-corrected chi connectivity index (χ1v) is 15.1. The summed E-state index contributed by atoms with van der Waals surface area (Å²) in [5.41, 5.74) is 2.49. The third-order valence-corrected chi connectivity index (χ3v) is 9.66. The molecule has 0 saturated heterocycles. The number of benzene rings is 2. The van der Waals surface area contributed by atoms with Gasteiger partial charge >= 0.3 is 10.1 Å². The van der Waals surface area contributed by atoms with Gasteiger partial charge in [0.15, 0.2) is 15.6 Å². The number of sulfone groups is 1. The number of fused-ring (bicyclic) bond motifs is 1. The lowest BCUT2D eigenvalue weighted by Gasteiger charge is -2.29. The van der Waals surface area contributed by atoms with Crippen molar-refractivity contribution in [3.8, 4) is 5.88 Å². The molecule has 1 aromatic heterocycles. The van der Waals surface area contributed by atoms with E-state index in [-0.39, 0.29) is 45.5 Å². The van der Waals surface area contributed by atoms with Gasteiger partial charge in [0.05, 0.1) is 22.9 Å². The summed E-state index contributed by atoms with van der Waals surface area (Å²) in [6.45, 7) is 9.40. The summed E-state index contributed by atoms with van der Waals surface area (Å²) in [5, 5.41) is 4.17. The summed E-state index contributed by atoms with van der Waals surface area (Å²) in [6.07, 6.45) is 1.10. The second kappa shape index (κ2) is 10.0. The van der Waals surface area contributed by atoms with Crippen molar-refractivity contribution < 1.29 is 30.6 Å². The standard InChI is InChI=1S/C26H30N2O7S2/c1-6-28-26(35-37(32,33)19-10-8-16(3)9-11-19)21(15-27-28)24(29)20-14-17(4)25-23(18(20)5)22(34-7-2)12-13-36(25,30)31/h8-11,14-15,22H,6-7,12-13H2,1-5H3. The minimum atomic E-state index is -4.25. The second-order valence-electron chi connectivity index (χ2n) is 9.02. The third kappa shape index (κ3) is 4.95. The van der Waals surface area contributed by atoms with E-state index in [1.165, 1.54) is 29.1 Å². The van der Waals surface area contributed by atoms with Crippen LogP contribution in [0.25, 0.3) is 0 Å². The largest absolute Gasteiger partial charge is 0.374 e. The Morgan fingerprint density at radius 2 is 1.78 bits per heavy atom. The van der Waals surface area contributed by atoms with Crippen molar-refractivity contribution in [2.75, 3.05) is 12.4 Å². The van der Waals surface area contributed by atoms with Gasteiger partial charge in [0.25, 0.3) is 0 Å². The summed E-state index contributed by atoms with van der Waals surface area (Å²) < 4.78 is 64.5. The molecule has 1 unspecified atom stereocenters. The van der Waals surface area contributed by atoms with Gasteiger partial charge in [-0.3, -0.25) is 4.79 Å². The van der Waals surface area contributed by atoms with Crippen molar-refractivity contribution in [2.24, 2.45) is 0 Å². The number of nitrogens with zero attached hydrogens (tertiary/aromatic N) is 2. The van der Waals surface area contributed by atoms with Crippen LogP contribution >= 0.6 is 0 Å². The van der Waals surface area contributed by atoms with Gasteiger partial charge in [-0.1, -0.05) is 17.7 Å². The summed E-state index contributed by atoms with van der Waals surface area (Å²) >= 11 is 0. The van der Waals surface area contributed by atoms with E-state index < -0.39 is 31.8 Å². The van der Waals surface area contributed by atoms with Gasteiger partial charge in [-0.05, 0) is 70.4 Å². The van der Waals surface area contributed by atoms with Gasteiger partial charge in [0, 0.05) is 24.3 Å². The van der Waals surface area contributed by atoms with Gasteiger partial charge < -0.3 is 8.92 Å². The number of hydrogen-bond acceptors (Lipinski definition) is 8. The molecule has 0 radical (unpaired) electrons. The van der Waals surface area contributed by atoms with Crippen LogP contribution in [0.4, 0.5) is 0 Å².